The maximum Gasteiger partial charge on any atom is 0.248 e. The Labute approximate surface area is 108 Å². The van der Waals surface area contributed by atoms with Crippen LogP contribution in [-0.4, -0.2) is 30.3 Å². The Morgan fingerprint density at radius 3 is 2.94 bits per heavy atom. The van der Waals surface area contributed by atoms with E-state index < -0.39 is 0 Å². The molecule has 1 heterocycles. The first kappa shape index (κ1) is 12.3. The third-order valence-electron chi connectivity index (χ3n) is 2.49. The molecule has 1 aliphatic heterocycles. The number of hydrazone groups is 1. The zero-order valence-electron chi connectivity index (χ0n) is 9.52. The van der Waals surface area contributed by atoms with Crippen LogP contribution in [0.25, 0.3) is 0 Å². The van der Waals surface area contributed by atoms with E-state index >= 15 is 0 Å². The minimum atomic E-state index is 0.0211. The third kappa shape index (κ3) is 2.92. The van der Waals surface area contributed by atoms with Crippen LogP contribution in [0.5, 0.6) is 0 Å². The number of amides is 1. The molecule has 0 aliphatic carbocycles. The van der Waals surface area contributed by atoms with Gasteiger partial charge in [-0.15, -0.1) is 0 Å². The molecular formula is C12H13BrN2O2. The van der Waals surface area contributed by atoms with Gasteiger partial charge in [-0.2, -0.15) is 5.10 Å². The summed E-state index contributed by atoms with van der Waals surface area (Å²) >= 11 is 3.46. The summed E-state index contributed by atoms with van der Waals surface area (Å²) in [7, 11) is 1.60. The van der Waals surface area contributed by atoms with Crippen LogP contribution in [0.15, 0.2) is 33.8 Å². The van der Waals surface area contributed by atoms with Gasteiger partial charge in [0.25, 0.3) is 0 Å². The fraction of sp³-hybridized carbons (Fsp3) is 0.333. The van der Waals surface area contributed by atoms with Crippen LogP contribution in [-0.2, 0) is 16.1 Å². The monoisotopic (exact) mass is 296 g/mol. The second-order valence-electron chi connectivity index (χ2n) is 3.82. The quantitative estimate of drug-likeness (QED) is 0.855. The molecule has 0 atom stereocenters. The van der Waals surface area contributed by atoms with Crippen molar-refractivity contribution in [2.24, 2.45) is 5.10 Å². The van der Waals surface area contributed by atoms with E-state index in [2.05, 4.69) is 21.0 Å². The first-order chi connectivity index (χ1) is 8.20. The Hall–Kier alpha value is -1.20. The van der Waals surface area contributed by atoms with Crippen LogP contribution < -0.4 is 0 Å². The summed E-state index contributed by atoms with van der Waals surface area (Å²) in [5.41, 5.74) is 1.83. The van der Waals surface area contributed by atoms with Crippen LogP contribution in [0.1, 0.15) is 12.0 Å². The average molecular weight is 297 g/mol. The van der Waals surface area contributed by atoms with Gasteiger partial charge in [0.15, 0.2) is 0 Å². The van der Waals surface area contributed by atoms with Crippen molar-refractivity contribution in [3.05, 3.63) is 34.3 Å². The van der Waals surface area contributed by atoms with E-state index in [1.54, 1.807) is 7.11 Å². The van der Waals surface area contributed by atoms with Gasteiger partial charge in [-0.25, -0.2) is 5.01 Å². The number of carbonyl (C=O) groups excluding carboxylic acids is 1. The number of halogens is 1. The Balaban J connectivity index is 2.09. The Bertz CT molecular complexity index is 460. The third-order valence-corrected chi connectivity index (χ3v) is 3.27. The van der Waals surface area contributed by atoms with Crippen molar-refractivity contribution in [2.75, 3.05) is 13.7 Å². The molecule has 4 nitrogen and oxygen atoms in total. The van der Waals surface area contributed by atoms with E-state index in [0.29, 0.717) is 19.6 Å². The maximum atomic E-state index is 11.7. The van der Waals surface area contributed by atoms with Crippen molar-refractivity contribution >= 4 is 27.5 Å². The summed E-state index contributed by atoms with van der Waals surface area (Å²) in [6.07, 6.45) is 0.359. The molecule has 0 spiro atoms. The highest BCUT2D eigenvalue weighted by atomic mass is 79.9. The number of methoxy groups -OCH3 is 1. The summed E-state index contributed by atoms with van der Waals surface area (Å²) in [4.78, 5) is 11.7. The maximum absolute atomic E-state index is 11.7. The predicted molar refractivity (Wildman–Crippen MR) is 68.6 cm³/mol. The van der Waals surface area contributed by atoms with Gasteiger partial charge >= 0.3 is 0 Å². The first-order valence-corrected chi connectivity index (χ1v) is 6.09. The average Bonchev–Trinajstić information content (AvgIpc) is 2.63. The molecular weight excluding hydrogens is 284 g/mol. The van der Waals surface area contributed by atoms with E-state index in [9.17, 15) is 4.79 Å². The van der Waals surface area contributed by atoms with Gasteiger partial charge in [0.2, 0.25) is 5.91 Å². The minimum absolute atomic E-state index is 0.0211. The largest absolute Gasteiger partial charge is 0.379 e. The van der Waals surface area contributed by atoms with Crippen LogP contribution >= 0.6 is 15.9 Å². The van der Waals surface area contributed by atoms with E-state index in [1.165, 1.54) is 5.01 Å². The molecule has 0 fully saturated rings. The van der Waals surface area contributed by atoms with Gasteiger partial charge in [-0.05, 0) is 11.6 Å². The zero-order chi connectivity index (χ0) is 12.3. The molecule has 0 saturated heterocycles. The number of hydrogen-bond acceptors (Lipinski definition) is 3. The molecule has 2 rings (SSSR count). The molecule has 0 N–H and O–H groups in total. The highest BCUT2D eigenvalue weighted by Gasteiger charge is 2.23. The van der Waals surface area contributed by atoms with Crippen LogP contribution in [0.3, 0.4) is 0 Å². The normalized spacial score (nSPS) is 15.3. The molecule has 17 heavy (non-hydrogen) atoms. The van der Waals surface area contributed by atoms with E-state index in [4.69, 9.17) is 4.74 Å². The molecule has 0 aromatic heterocycles. The number of benzene rings is 1. The van der Waals surface area contributed by atoms with Crippen molar-refractivity contribution < 1.29 is 9.53 Å². The minimum Gasteiger partial charge on any atom is -0.379 e. The summed E-state index contributed by atoms with van der Waals surface area (Å²) in [6, 6.07) is 7.82. The van der Waals surface area contributed by atoms with Gasteiger partial charge in [0.1, 0.15) is 0 Å². The zero-order valence-corrected chi connectivity index (χ0v) is 11.1. The Kier molecular flexibility index (Phi) is 3.91. The highest BCUT2D eigenvalue weighted by molar-refractivity contribution is 9.10. The van der Waals surface area contributed by atoms with Gasteiger partial charge in [-0.1, -0.05) is 34.1 Å². The number of hydrogen-bond donors (Lipinski definition) is 0. The molecule has 0 bridgehead atoms. The second-order valence-corrected chi connectivity index (χ2v) is 4.67. The molecule has 1 amide bonds. The summed E-state index contributed by atoms with van der Waals surface area (Å²) in [6.45, 7) is 0.908. The summed E-state index contributed by atoms with van der Waals surface area (Å²) in [5.74, 6) is 0.0211. The lowest BCUT2D eigenvalue weighted by molar-refractivity contribution is -0.129. The fourth-order valence-electron chi connectivity index (χ4n) is 1.69. The number of rotatable bonds is 4. The molecule has 5 heteroatoms. The smallest absolute Gasteiger partial charge is 0.248 e. The van der Waals surface area contributed by atoms with Crippen LogP contribution in [0, 0.1) is 0 Å². The van der Waals surface area contributed by atoms with E-state index in [-0.39, 0.29) is 5.91 Å². The lowest BCUT2D eigenvalue weighted by atomic mass is 10.2. The van der Waals surface area contributed by atoms with E-state index in [1.807, 2.05) is 24.3 Å². The Morgan fingerprint density at radius 1 is 1.47 bits per heavy atom. The van der Waals surface area contributed by atoms with Gasteiger partial charge in [0.05, 0.1) is 25.3 Å². The van der Waals surface area contributed by atoms with Crippen molar-refractivity contribution in [2.45, 2.75) is 13.0 Å². The predicted octanol–water partition coefficient (Wildman–Crippen LogP) is 2.18. The van der Waals surface area contributed by atoms with Gasteiger partial charge in [0, 0.05) is 11.6 Å². The van der Waals surface area contributed by atoms with Crippen molar-refractivity contribution in [1.82, 2.24) is 5.01 Å². The SMILES string of the molecule is COCC1=NN(Cc2ccccc2Br)C(=O)C1. The number of carbonyl (C=O) groups is 1. The summed E-state index contributed by atoms with van der Waals surface area (Å²) in [5, 5.41) is 5.74. The fourth-order valence-corrected chi connectivity index (χ4v) is 2.10. The first-order valence-electron chi connectivity index (χ1n) is 5.30. The number of nitrogens with zero attached hydrogens (tertiary/aromatic N) is 2. The summed E-state index contributed by atoms with van der Waals surface area (Å²) < 4.78 is 5.97. The molecule has 1 aromatic rings. The lowest BCUT2D eigenvalue weighted by Crippen LogP contribution is -2.20. The molecule has 1 aromatic carbocycles. The lowest BCUT2D eigenvalue weighted by Gasteiger charge is -2.12. The second kappa shape index (κ2) is 5.42. The van der Waals surface area contributed by atoms with Crippen LogP contribution in [0.2, 0.25) is 0 Å². The number of ether oxygens (including phenoxy) is 1. The molecule has 0 saturated carbocycles. The van der Waals surface area contributed by atoms with Crippen molar-refractivity contribution in [1.29, 1.82) is 0 Å². The highest BCUT2D eigenvalue weighted by Crippen LogP contribution is 2.20. The van der Waals surface area contributed by atoms with Crippen molar-refractivity contribution in [3.63, 3.8) is 0 Å². The Morgan fingerprint density at radius 2 is 2.24 bits per heavy atom. The molecule has 90 valence electrons. The topological polar surface area (TPSA) is 41.9 Å². The van der Waals surface area contributed by atoms with E-state index in [0.717, 1.165) is 15.7 Å². The van der Waals surface area contributed by atoms with Crippen molar-refractivity contribution in [3.8, 4) is 0 Å². The van der Waals surface area contributed by atoms with Gasteiger partial charge in [-0.3, -0.25) is 4.79 Å². The molecule has 0 radical (unpaired) electrons. The van der Waals surface area contributed by atoms with Crippen LogP contribution in [0.4, 0.5) is 0 Å². The molecule has 1 aliphatic rings. The van der Waals surface area contributed by atoms with Gasteiger partial charge < -0.3 is 4.74 Å². The standard InChI is InChI=1S/C12H13BrN2O2/c1-17-8-10-6-12(16)15(14-10)7-9-4-2-3-5-11(9)13/h2-5H,6-8H2,1H3. The molecule has 0 unspecified atom stereocenters.